The highest BCUT2D eigenvalue weighted by Gasteiger charge is 2.18. The molecule has 2 N–H and O–H groups in total. The number of hydrogen-bond acceptors (Lipinski definition) is 3. The summed E-state index contributed by atoms with van der Waals surface area (Å²) in [5.74, 6) is 0. The maximum Gasteiger partial charge on any atom is 0.299 e. The van der Waals surface area contributed by atoms with Crippen molar-refractivity contribution in [2.24, 2.45) is 0 Å². The lowest BCUT2D eigenvalue weighted by molar-refractivity contribution is 0.0217. The van der Waals surface area contributed by atoms with Gasteiger partial charge in [0, 0.05) is 6.54 Å². The van der Waals surface area contributed by atoms with Crippen molar-refractivity contribution in [2.75, 3.05) is 6.54 Å². The Labute approximate surface area is 85.4 Å². The molecule has 1 aliphatic carbocycles. The van der Waals surface area contributed by atoms with Gasteiger partial charge in [0.2, 0.25) is 0 Å². The Morgan fingerprint density at radius 2 is 2.00 bits per heavy atom. The summed E-state index contributed by atoms with van der Waals surface area (Å²) in [6.07, 6.45) is 4.94. The van der Waals surface area contributed by atoms with Gasteiger partial charge in [0.1, 0.15) is 0 Å². The van der Waals surface area contributed by atoms with Crippen LogP contribution in [-0.2, 0) is 15.0 Å². The highest BCUT2D eigenvalue weighted by atomic mass is 32.2. The molecule has 1 saturated carbocycles. The summed E-state index contributed by atoms with van der Waals surface area (Å²) in [5.41, 5.74) is 0. The van der Waals surface area contributed by atoms with E-state index in [0.717, 1.165) is 32.1 Å². The van der Waals surface area contributed by atoms with Crippen LogP contribution in [-0.4, -0.2) is 21.1 Å². The summed E-state index contributed by atoms with van der Waals surface area (Å²) in [7, 11) is -3.45. The van der Waals surface area contributed by atoms with Gasteiger partial charge in [0.25, 0.3) is 10.2 Å². The quantitative estimate of drug-likeness (QED) is 0.650. The first-order valence-corrected chi connectivity index (χ1v) is 6.54. The molecule has 1 rings (SSSR count). The zero-order chi connectivity index (χ0) is 10.4. The molecule has 0 aromatic heterocycles. The Kier molecular flexibility index (Phi) is 4.80. The van der Waals surface area contributed by atoms with Gasteiger partial charge < -0.3 is 0 Å². The summed E-state index contributed by atoms with van der Waals surface area (Å²) >= 11 is 0. The second-order valence-corrected chi connectivity index (χ2v) is 4.97. The molecule has 5 nitrogen and oxygen atoms in total. The van der Waals surface area contributed by atoms with E-state index in [1.807, 2.05) is 6.92 Å². The van der Waals surface area contributed by atoms with Crippen molar-refractivity contribution in [1.82, 2.24) is 9.61 Å². The van der Waals surface area contributed by atoms with Gasteiger partial charge in [-0.1, -0.05) is 24.7 Å². The van der Waals surface area contributed by atoms with Crippen molar-refractivity contribution in [2.45, 2.75) is 45.1 Å². The van der Waals surface area contributed by atoms with Gasteiger partial charge in [-0.25, -0.2) is 4.72 Å². The molecule has 84 valence electrons. The molecule has 14 heavy (non-hydrogen) atoms. The molecule has 0 spiro atoms. The van der Waals surface area contributed by atoms with Crippen LogP contribution in [0.2, 0.25) is 0 Å². The van der Waals surface area contributed by atoms with Gasteiger partial charge in [0.15, 0.2) is 0 Å². The van der Waals surface area contributed by atoms with E-state index < -0.39 is 10.2 Å². The minimum absolute atomic E-state index is 0.0493. The van der Waals surface area contributed by atoms with E-state index in [9.17, 15) is 8.42 Å². The Morgan fingerprint density at radius 1 is 1.36 bits per heavy atom. The maximum atomic E-state index is 11.2. The molecule has 0 saturated heterocycles. The molecule has 0 amide bonds. The zero-order valence-electron chi connectivity index (χ0n) is 8.45. The number of nitrogens with one attached hydrogen (secondary N) is 2. The fourth-order valence-corrected chi connectivity index (χ4v) is 2.20. The van der Waals surface area contributed by atoms with E-state index in [4.69, 9.17) is 4.84 Å². The number of rotatable bonds is 6. The molecule has 0 aromatic carbocycles. The van der Waals surface area contributed by atoms with E-state index >= 15 is 0 Å². The first-order valence-electron chi connectivity index (χ1n) is 5.06. The molecular weight excluding hydrogens is 204 g/mol. The molecule has 0 heterocycles. The van der Waals surface area contributed by atoms with Crippen LogP contribution >= 0.6 is 0 Å². The predicted octanol–water partition coefficient (Wildman–Crippen LogP) is 0.695. The average Bonchev–Trinajstić information content (AvgIpc) is 2.64. The van der Waals surface area contributed by atoms with Gasteiger partial charge in [-0.15, -0.1) is 0 Å². The van der Waals surface area contributed by atoms with Crippen LogP contribution in [0.1, 0.15) is 39.0 Å². The van der Waals surface area contributed by atoms with E-state index in [1.54, 1.807) is 0 Å². The third-order valence-corrected chi connectivity index (χ3v) is 3.07. The molecular formula is C8H18N2O3S. The van der Waals surface area contributed by atoms with Crippen LogP contribution in [0.25, 0.3) is 0 Å². The monoisotopic (exact) mass is 222 g/mol. The second kappa shape index (κ2) is 5.65. The van der Waals surface area contributed by atoms with Crippen molar-refractivity contribution in [3.63, 3.8) is 0 Å². The Balaban J connectivity index is 2.21. The van der Waals surface area contributed by atoms with Crippen LogP contribution in [0.3, 0.4) is 0 Å². The molecule has 6 heteroatoms. The minimum Gasteiger partial charge on any atom is -0.283 e. The average molecular weight is 222 g/mol. The van der Waals surface area contributed by atoms with E-state index in [-0.39, 0.29) is 6.10 Å². The fraction of sp³-hybridized carbons (Fsp3) is 1.00. The summed E-state index contributed by atoms with van der Waals surface area (Å²) in [6, 6.07) is 0. The van der Waals surface area contributed by atoms with Gasteiger partial charge in [-0.3, -0.25) is 4.84 Å². The standard InChI is InChI=1S/C8H18N2O3S/c1-2-7-9-14(11,12)10-13-8-5-3-4-6-8/h8-10H,2-7H2,1H3. The Hall–Kier alpha value is -0.170. The van der Waals surface area contributed by atoms with Crippen molar-refractivity contribution in [1.29, 1.82) is 0 Å². The van der Waals surface area contributed by atoms with Gasteiger partial charge in [0.05, 0.1) is 6.10 Å². The second-order valence-electron chi connectivity index (χ2n) is 3.51. The van der Waals surface area contributed by atoms with Crippen molar-refractivity contribution >= 4 is 10.2 Å². The van der Waals surface area contributed by atoms with E-state index in [0.29, 0.717) is 6.54 Å². The third kappa shape index (κ3) is 4.36. The summed E-state index contributed by atoms with van der Waals surface area (Å²) in [5, 5.41) is 0. The van der Waals surface area contributed by atoms with Crippen molar-refractivity contribution in [3.8, 4) is 0 Å². The third-order valence-electron chi connectivity index (χ3n) is 2.17. The molecule has 0 aliphatic heterocycles. The van der Waals surface area contributed by atoms with Gasteiger partial charge >= 0.3 is 0 Å². The van der Waals surface area contributed by atoms with E-state index in [1.165, 1.54) is 0 Å². The van der Waals surface area contributed by atoms with Crippen LogP contribution in [0, 0.1) is 0 Å². The van der Waals surface area contributed by atoms with Crippen LogP contribution in [0.4, 0.5) is 0 Å². The molecule has 1 aliphatic rings. The first kappa shape index (κ1) is 11.9. The molecule has 0 bridgehead atoms. The summed E-state index contributed by atoms with van der Waals surface area (Å²) < 4.78 is 24.8. The van der Waals surface area contributed by atoms with Crippen molar-refractivity contribution in [3.05, 3.63) is 0 Å². The van der Waals surface area contributed by atoms with E-state index in [2.05, 4.69) is 9.61 Å². The summed E-state index contributed by atoms with van der Waals surface area (Å²) in [6.45, 7) is 2.34. The normalized spacial score (nSPS) is 18.9. The first-order chi connectivity index (χ1) is 6.64. The van der Waals surface area contributed by atoms with Gasteiger partial charge in [-0.05, 0) is 19.3 Å². The maximum absolute atomic E-state index is 11.2. The SMILES string of the molecule is CCCNS(=O)(=O)NOC1CCCC1. The smallest absolute Gasteiger partial charge is 0.283 e. The highest BCUT2D eigenvalue weighted by molar-refractivity contribution is 7.87. The molecule has 1 fully saturated rings. The Bertz CT molecular complexity index is 247. The van der Waals surface area contributed by atoms with Gasteiger partial charge in [-0.2, -0.15) is 8.42 Å². The summed E-state index contributed by atoms with van der Waals surface area (Å²) in [4.78, 5) is 7.16. The molecule has 0 radical (unpaired) electrons. The lowest BCUT2D eigenvalue weighted by atomic mass is 10.3. The lowest BCUT2D eigenvalue weighted by Gasteiger charge is -2.11. The predicted molar refractivity (Wildman–Crippen MR) is 53.7 cm³/mol. The molecule has 0 aromatic rings. The van der Waals surface area contributed by atoms with Crippen LogP contribution in [0.15, 0.2) is 0 Å². The fourth-order valence-electron chi connectivity index (χ4n) is 1.40. The molecule has 0 atom stereocenters. The Morgan fingerprint density at radius 3 is 2.57 bits per heavy atom. The van der Waals surface area contributed by atoms with Crippen LogP contribution in [0.5, 0.6) is 0 Å². The largest absolute Gasteiger partial charge is 0.299 e. The zero-order valence-corrected chi connectivity index (χ0v) is 9.27. The van der Waals surface area contributed by atoms with Crippen molar-refractivity contribution < 1.29 is 13.3 Å². The highest BCUT2D eigenvalue weighted by Crippen LogP contribution is 2.19. The topological polar surface area (TPSA) is 67.4 Å². The van der Waals surface area contributed by atoms with Crippen LogP contribution < -0.4 is 9.61 Å². The minimum atomic E-state index is -3.45. The number of hydrogen-bond donors (Lipinski definition) is 2. The lowest BCUT2D eigenvalue weighted by Crippen LogP contribution is -2.38. The molecule has 0 unspecified atom stereocenters.